The first-order chi connectivity index (χ1) is 10.6. The van der Waals surface area contributed by atoms with Crippen molar-refractivity contribution in [2.75, 3.05) is 14.2 Å². The van der Waals surface area contributed by atoms with Crippen LogP contribution in [0.2, 0.25) is 0 Å². The maximum atomic E-state index is 12.5. The van der Waals surface area contributed by atoms with Crippen LogP contribution in [0.5, 0.6) is 17.2 Å². The van der Waals surface area contributed by atoms with E-state index in [1.54, 1.807) is 18.5 Å². The normalized spacial score (nSPS) is 11.8. The largest absolute Gasteiger partial charge is 0.507 e. The van der Waals surface area contributed by atoms with Gasteiger partial charge in [-0.15, -0.1) is 0 Å². The zero-order valence-electron chi connectivity index (χ0n) is 12.9. The number of aromatic nitrogens is 1. The van der Waals surface area contributed by atoms with Gasteiger partial charge in [-0.25, -0.2) is 0 Å². The number of rotatable bonds is 6. The van der Waals surface area contributed by atoms with E-state index in [1.165, 1.54) is 20.3 Å². The molecule has 0 aliphatic heterocycles. The Labute approximate surface area is 129 Å². The molecule has 0 amide bonds. The Bertz CT molecular complexity index is 655. The first-order valence-electron chi connectivity index (χ1n) is 6.95. The number of phenols is 1. The minimum Gasteiger partial charge on any atom is -0.507 e. The number of phenolic OH excluding ortho intramolecular Hbond substituents is 1. The Morgan fingerprint density at radius 3 is 2.50 bits per heavy atom. The van der Waals surface area contributed by atoms with Crippen molar-refractivity contribution in [3.63, 3.8) is 0 Å². The number of ketones is 1. The highest BCUT2D eigenvalue weighted by molar-refractivity contribution is 6.01. The lowest BCUT2D eigenvalue weighted by Gasteiger charge is -2.14. The standard InChI is InChI=1S/C17H19NO4/c1-11(12-4-6-18-7-5-12)8-14(19)17-15(20)9-13(21-2)10-16(17)22-3/h4-7,9-11,20H,8H2,1-3H3. The fourth-order valence-corrected chi connectivity index (χ4v) is 2.33. The van der Waals surface area contributed by atoms with E-state index in [0.717, 1.165) is 5.56 Å². The van der Waals surface area contributed by atoms with Crippen molar-refractivity contribution < 1.29 is 19.4 Å². The number of benzene rings is 1. The first kappa shape index (κ1) is 15.8. The summed E-state index contributed by atoms with van der Waals surface area (Å²) in [6, 6.07) is 6.75. The van der Waals surface area contributed by atoms with Crippen LogP contribution in [0.15, 0.2) is 36.7 Å². The quantitative estimate of drug-likeness (QED) is 0.830. The lowest BCUT2D eigenvalue weighted by Crippen LogP contribution is -2.07. The summed E-state index contributed by atoms with van der Waals surface area (Å²) >= 11 is 0. The minimum absolute atomic E-state index is 0.0155. The molecule has 1 aromatic carbocycles. The molecule has 0 spiro atoms. The summed E-state index contributed by atoms with van der Waals surface area (Å²) < 4.78 is 10.3. The Balaban J connectivity index is 2.26. The van der Waals surface area contributed by atoms with Crippen molar-refractivity contribution in [2.24, 2.45) is 0 Å². The molecule has 0 fully saturated rings. The van der Waals surface area contributed by atoms with Gasteiger partial charge in [0.25, 0.3) is 0 Å². The average Bonchev–Trinajstić information content (AvgIpc) is 2.54. The molecular weight excluding hydrogens is 282 g/mol. The molecule has 5 heteroatoms. The van der Waals surface area contributed by atoms with Crippen molar-refractivity contribution in [1.82, 2.24) is 4.98 Å². The Morgan fingerprint density at radius 1 is 1.23 bits per heavy atom. The SMILES string of the molecule is COc1cc(O)c(C(=O)CC(C)c2ccncc2)c(OC)c1. The number of aromatic hydroxyl groups is 1. The number of nitrogens with zero attached hydrogens (tertiary/aromatic N) is 1. The van der Waals surface area contributed by atoms with E-state index < -0.39 is 0 Å². The number of hydrogen-bond acceptors (Lipinski definition) is 5. The van der Waals surface area contributed by atoms with E-state index in [2.05, 4.69) is 4.98 Å². The molecule has 1 atom stereocenters. The Hall–Kier alpha value is -2.56. The van der Waals surface area contributed by atoms with E-state index in [1.807, 2.05) is 19.1 Å². The second kappa shape index (κ2) is 6.93. The molecule has 2 rings (SSSR count). The zero-order valence-corrected chi connectivity index (χ0v) is 12.9. The summed E-state index contributed by atoms with van der Waals surface area (Å²) in [5.41, 5.74) is 1.21. The monoisotopic (exact) mass is 301 g/mol. The highest BCUT2D eigenvalue weighted by atomic mass is 16.5. The topological polar surface area (TPSA) is 68.7 Å². The maximum absolute atomic E-state index is 12.5. The molecule has 0 saturated carbocycles. The van der Waals surface area contributed by atoms with Gasteiger partial charge in [-0.1, -0.05) is 6.92 Å². The molecular formula is C17H19NO4. The van der Waals surface area contributed by atoms with Crippen LogP contribution in [-0.2, 0) is 0 Å². The molecule has 1 aromatic heterocycles. The zero-order chi connectivity index (χ0) is 16.1. The predicted octanol–water partition coefficient (Wildman–Crippen LogP) is 3.18. The Morgan fingerprint density at radius 2 is 1.91 bits per heavy atom. The summed E-state index contributed by atoms with van der Waals surface area (Å²) in [5, 5.41) is 10.1. The molecule has 5 nitrogen and oxygen atoms in total. The molecule has 0 aliphatic rings. The number of carbonyl (C=O) groups excluding carboxylic acids is 1. The van der Waals surface area contributed by atoms with E-state index >= 15 is 0 Å². The second-order valence-electron chi connectivity index (χ2n) is 5.03. The molecule has 1 unspecified atom stereocenters. The second-order valence-corrected chi connectivity index (χ2v) is 5.03. The lowest BCUT2D eigenvalue weighted by atomic mass is 9.93. The average molecular weight is 301 g/mol. The van der Waals surface area contributed by atoms with Crippen molar-refractivity contribution >= 4 is 5.78 Å². The van der Waals surface area contributed by atoms with Gasteiger partial charge in [0, 0.05) is 30.9 Å². The summed E-state index contributed by atoms with van der Waals surface area (Å²) in [6.45, 7) is 1.96. The van der Waals surface area contributed by atoms with Crippen molar-refractivity contribution in [2.45, 2.75) is 19.3 Å². The number of pyridine rings is 1. The third-order valence-electron chi connectivity index (χ3n) is 3.56. The third-order valence-corrected chi connectivity index (χ3v) is 3.56. The predicted molar refractivity (Wildman–Crippen MR) is 82.8 cm³/mol. The van der Waals surface area contributed by atoms with Gasteiger partial charge in [-0.3, -0.25) is 9.78 Å². The molecule has 116 valence electrons. The van der Waals surface area contributed by atoms with Crippen molar-refractivity contribution in [3.8, 4) is 17.2 Å². The highest BCUT2D eigenvalue weighted by Crippen LogP contribution is 2.35. The van der Waals surface area contributed by atoms with Gasteiger partial charge >= 0.3 is 0 Å². The van der Waals surface area contributed by atoms with Gasteiger partial charge in [-0.2, -0.15) is 0 Å². The number of Topliss-reactive ketones (excluding diaryl/α,β-unsaturated/α-hetero) is 1. The summed E-state index contributed by atoms with van der Waals surface area (Å²) in [5.74, 6) is 0.447. The van der Waals surface area contributed by atoms with Crippen LogP contribution in [0.3, 0.4) is 0 Å². The fourth-order valence-electron chi connectivity index (χ4n) is 2.33. The van der Waals surface area contributed by atoms with Crippen molar-refractivity contribution in [3.05, 3.63) is 47.8 Å². The van der Waals surface area contributed by atoms with Gasteiger partial charge in [0.05, 0.1) is 14.2 Å². The van der Waals surface area contributed by atoms with Crippen LogP contribution in [0.1, 0.15) is 35.2 Å². The maximum Gasteiger partial charge on any atom is 0.170 e. The van der Waals surface area contributed by atoms with Crippen LogP contribution >= 0.6 is 0 Å². The minimum atomic E-state index is -0.179. The first-order valence-corrected chi connectivity index (χ1v) is 6.95. The van der Waals surface area contributed by atoms with Crippen LogP contribution in [0, 0.1) is 0 Å². The van der Waals surface area contributed by atoms with Gasteiger partial charge in [0.2, 0.25) is 0 Å². The summed E-state index contributed by atoms with van der Waals surface area (Å²) in [6.07, 6.45) is 3.66. The van der Waals surface area contributed by atoms with Crippen LogP contribution in [0.25, 0.3) is 0 Å². The number of carbonyl (C=O) groups is 1. The molecule has 0 radical (unpaired) electrons. The molecule has 22 heavy (non-hydrogen) atoms. The fraction of sp³-hybridized carbons (Fsp3) is 0.294. The van der Waals surface area contributed by atoms with Crippen LogP contribution in [-0.4, -0.2) is 30.1 Å². The number of ether oxygens (including phenoxy) is 2. The van der Waals surface area contributed by atoms with Gasteiger partial charge in [0.15, 0.2) is 5.78 Å². The molecule has 1 heterocycles. The van der Waals surface area contributed by atoms with Gasteiger partial charge in [-0.05, 0) is 23.6 Å². The Kier molecular flexibility index (Phi) is 4.99. The van der Waals surface area contributed by atoms with E-state index in [-0.39, 0.29) is 29.4 Å². The summed E-state index contributed by atoms with van der Waals surface area (Å²) in [4.78, 5) is 16.5. The van der Waals surface area contributed by atoms with E-state index in [4.69, 9.17) is 9.47 Å². The molecule has 2 aromatic rings. The summed E-state index contributed by atoms with van der Waals surface area (Å²) in [7, 11) is 2.94. The number of methoxy groups -OCH3 is 2. The van der Waals surface area contributed by atoms with Crippen LogP contribution in [0.4, 0.5) is 0 Å². The number of hydrogen-bond donors (Lipinski definition) is 1. The van der Waals surface area contributed by atoms with Crippen molar-refractivity contribution in [1.29, 1.82) is 0 Å². The molecule has 0 aliphatic carbocycles. The highest BCUT2D eigenvalue weighted by Gasteiger charge is 2.21. The van der Waals surface area contributed by atoms with Gasteiger partial charge < -0.3 is 14.6 Å². The van der Waals surface area contributed by atoms with E-state index in [9.17, 15) is 9.90 Å². The molecule has 0 saturated heterocycles. The van der Waals surface area contributed by atoms with E-state index in [0.29, 0.717) is 11.5 Å². The lowest BCUT2D eigenvalue weighted by molar-refractivity contribution is 0.0970. The third kappa shape index (κ3) is 3.36. The molecule has 0 bridgehead atoms. The van der Waals surface area contributed by atoms with Crippen LogP contribution < -0.4 is 9.47 Å². The molecule has 1 N–H and O–H groups in total. The smallest absolute Gasteiger partial charge is 0.170 e. The van der Waals surface area contributed by atoms with Gasteiger partial charge in [0.1, 0.15) is 22.8 Å².